The van der Waals surface area contributed by atoms with Crippen LogP contribution in [0.4, 0.5) is 0 Å². The highest BCUT2D eigenvalue weighted by molar-refractivity contribution is 5.86. The van der Waals surface area contributed by atoms with Crippen LogP contribution in [0, 0.1) is 19.8 Å². The number of carbonyl (C=O) groups excluding carboxylic acids is 1. The quantitative estimate of drug-likeness (QED) is 0.861. The molecule has 1 unspecified atom stereocenters. The van der Waals surface area contributed by atoms with Gasteiger partial charge in [-0.15, -0.1) is 0 Å². The van der Waals surface area contributed by atoms with E-state index >= 15 is 0 Å². The molecule has 0 spiro atoms. The first kappa shape index (κ1) is 16.4. The van der Waals surface area contributed by atoms with Crippen molar-refractivity contribution in [3.05, 3.63) is 41.1 Å². The molecule has 1 atom stereocenters. The Labute approximate surface area is 131 Å². The smallest absolute Gasteiger partial charge is 0.224 e. The first-order valence-electron chi connectivity index (χ1n) is 7.75. The Kier molecular flexibility index (Phi) is 5.50. The van der Waals surface area contributed by atoms with Crippen molar-refractivity contribution in [2.45, 2.75) is 33.6 Å². The highest BCUT2D eigenvalue weighted by Crippen LogP contribution is 2.22. The van der Waals surface area contributed by atoms with Crippen LogP contribution in [0.1, 0.15) is 30.2 Å². The van der Waals surface area contributed by atoms with E-state index in [1.807, 2.05) is 45.0 Å². The molecule has 1 aromatic carbocycles. The van der Waals surface area contributed by atoms with Crippen LogP contribution < -0.4 is 5.32 Å². The molecule has 0 saturated carbocycles. The van der Waals surface area contributed by atoms with E-state index in [0.717, 1.165) is 27.7 Å². The second-order valence-electron chi connectivity index (χ2n) is 5.92. The van der Waals surface area contributed by atoms with Crippen molar-refractivity contribution >= 4 is 16.8 Å². The van der Waals surface area contributed by atoms with E-state index < -0.39 is 0 Å². The maximum Gasteiger partial charge on any atom is 0.224 e. The molecular weight excluding hydrogens is 276 g/mol. The van der Waals surface area contributed by atoms with Crippen molar-refractivity contribution < 1.29 is 9.90 Å². The van der Waals surface area contributed by atoms with Crippen LogP contribution in [0.3, 0.4) is 0 Å². The molecule has 22 heavy (non-hydrogen) atoms. The molecule has 118 valence electrons. The lowest BCUT2D eigenvalue weighted by Gasteiger charge is -2.14. The highest BCUT2D eigenvalue weighted by Gasteiger charge is 2.13. The molecule has 0 aliphatic heterocycles. The van der Waals surface area contributed by atoms with Gasteiger partial charge in [0.05, 0.1) is 11.9 Å². The Hall–Kier alpha value is -1.94. The van der Waals surface area contributed by atoms with Gasteiger partial charge in [-0.25, -0.2) is 0 Å². The summed E-state index contributed by atoms with van der Waals surface area (Å²) in [7, 11) is 0. The van der Waals surface area contributed by atoms with Crippen molar-refractivity contribution in [2.24, 2.45) is 5.92 Å². The van der Waals surface area contributed by atoms with Crippen LogP contribution in [0.25, 0.3) is 10.9 Å². The van der Waals surface area contributed by atoms with Crippen LogP contribution >= 0.6 is 0 Å². The van der Waals surface area contributed by atoms with Crippen molar-refractivity contribution in [1.29, 1.82) is 0 Å². The van der Waals surface area contributed by atoms with Crippen molar-refractivity contribution in [2.75, 3.05) is 13.2 Å². The Morgan fingerprint density at radius 2 is 2.05 bits per heavy atom. The van der Waals surface area contributed by atoms with Gasteiger partial charge in [-0.05, 0) is 43.4 Å². The summed E-state index contributed by atoms with van der Waals surface area (Å²) in [6.45, 7) is 6.78. The topological polar surface area (TPSA) is 62.2 Å². The molecule has 2 aromatic rings. The lowest BCUT2D eigenvalue weighted by molar-refractivity contribution is -0.120. The molecule has 1 amide bonds. The minimum absolute atomic E-state index is 0.00747. The molecule has 4 nitrogen and oxygen atoms in total. The van der Waals surface area contributed by atoms with Gasteiger partial charge < -0.3 is 10.4 Å². The first-order valence-corrected chi connectivity index (χ1v) is 7.75. The predicted molar refractivity (Wildman–Crippen MR) is 88.8 cm³/mol. The fraction of sp³-hybridized carbons (Fsp3) is 0.444. The summed E-state index contributed by atoms with van der Waals surface area (Å²) < 4.78 is 0. The summed E-state index contributed by atoms with van der Waals surface area (Å²) in [5, 5.41) is 12.9. The van der Waals surface area contributed by atoms with E-state index in [2.05, 4.69) is 10.3 Å². The highest BCUT2D eigenvalue weighted by atomic mass is 16.3. The van der Waals surface area contributed by atoms with Gasteiger partial charge in [-0.2, -0.15) is 0 Å². The number of aryl methyl sites for hydroxylation is 2. The van der Waals surface area contributed by atoms with Gasteiger partial charge in [0.25, 0.3) is 0 Å². The average molecular weight is 300 g/mol. The normalized spacial score (nSPS) is 12.4. The lowest BCUT2D eigenvalue weighted by atomic mass is 9.99. The fourth-order valence-corrected chi connectivity index (χ4v) is 2.66. The van der Waals surface area contributed by atoms with E-state index in [1.165, 1.54) is 0 Å². The predicted octanol–water partition coefficient (Wildman–Crippen LogP) is 2.53. The molecule has 1 aromatic heterocycles. The number of fused-ring (bicyclic) bond motifs is 1. The van der Waals surface area contributed by atoms with Crippen molar-refractivity contribution in [3.63, 3.8) is 0 Å². The minimum atomic E-state index is 0.00747. The van der Waals surface area contributed by atoms with Crippen LogP contribution in [0.2, 0.25) is 0 Å². The molecule has 0 aliphatic rings. The Morgan fingerprint density at radius 1 is 1.32 bits per heavy atom. The van der Waals surface area contributed by atoms with Gasteiger partial charge in [-0.1, -0.05) is 25.1 Å². The maximum atomic E-state index is 12.2. The number of hydrogen-bond donors (Lipinski definition) is 2. The zero-order valence-corrected chi connectivity index (χ0v) is 13.5. The molecule has 2 rings (SSSR count). The Morgan fingerprint density at radius 3 is 2.77 bits per heavy atom. The third kappa shape index (κ3) is 3.83. The monoisotopic (exact) mass is 300 g/mol. The number of hydrogen-bond acceptors (Lipinski definition) is 3. The van der Waals surface area contributed by atoms with Gasteiger partial charge in [0.1, 0.15) is 0 Å². The van der Waals surface area contributed by atoms with Crippen molar-refractivity contribution in [3.8, 4) is 0 Å². The van der Waals surface area contributed by atoms with E-state index in [9.17, 15) is 4.79 Å². The van der Waals surface area contributed by atoms with Gasteiger partial charge in [0.15, 0.2) is 0 Å². The third-order valence-corrected chi connectivity index (χ3v) is 4.09. The number of nitrogens with one attached hydrogen (secondary N) is 1. The number of pyridine rings is 1. The fourth-order valence-electron chi connectivity index (χ4n) is 2.66. The molecule has 2 N–H and O–H groups in total. The van der Waals surface area contributed by atoms with Crippen LogP contribution in [-0.2, 0) is 11.2 Å². The van der Waals surface area contributed by atoms with E-state index in [0.29, 0.717) is 19.4 Å². The molecule has 4 heteroatoms. The second kappa shape index (κ2) is 7.36. The maximum absolute atomic E-state index is 12.2. The van der Waals surface area contributed by atoms with E-state index in [1.54, 1.807) is 0 Å². The summed E-state index contributed by atoms with van der Waals surface area (Å²) in [6.07, 6.45) is 1.05. The summed E-state index contributed by atoms with van der Waals surface area (Å²) in [5.74, 6) is 0.291. The molecule has 0 aliphatic carbocycles. The van der Waals surface area contributed by atoms with Gasteiger partial charge in [0.2, 0.25) is 5.91 Å². The van der Waals surface area contributed by atoms with E-state index in [4.69, 9.17) is 5.11 Å². The number of aliphatic hydroxyl groups excluding tert-OH is 1. The van der Waals surface area contributed by atoms with Crippen LogP contribution in [-0.4, -0.2) is 29.1 Å². The number of nitrogens with zero attached hydrogens (tertiary/aromatic N) is 1. The molecule has 1 heterocycles. The van der Waals surface area contributed by atoms with Gasteiger partial charge in [-0.3, -0.25) is 9.78 Å². The summed E-state index contributed by atoms with van der Waals surface area (Å²) >= 11 is 0. The number of rotatable bonds is 6. The SMILES string of the molecule is Cc1nc2ccccc2c(C)c1CC(=O)NCC(C)CCO. The van der Waals surface area contributed by atoms with Crippen LogP contribution in [0.5, 0.6) is 0 Å². The third-order valence-electron chi connectivity index (χ3n) is 4.09. The second-order valence-corrected chi connectivity index (χ2v) is 5.92. The lowest BCUT2D eigenvalue weighted by Crippen LogP contribution is -2.30. The van der Waals surface area contributed by atoms with E-state index in [-0.39, 0.29) is 18.4 Å². The Balaban J connectivity index is 2.12. The number of aliphatic hydroxyl groups is 1. The summed E-state index contributed by atoms with van der Waals surface area (Å²) in [5.41, 5.74) is 4.01. The van der Waals surface area contributed by atoms with Gasteiger partial charge in [0, 0.05) is 24.2 Å². The number of benzene rings is 1. The standard InChI is InChI=1S/C18H24N2O2/c1-12(8-9-21)11-19-18(22)10-16-13(2)15-6-4-5-7-17(15)20-14(16)3/h4-7,12,21H,8-11H2,1-3H3,(H,19,22). The minimum Gasteiger partial charge on any atom is -0.396 e. The number of carbonyl (C=O) groups is 1. The molecule has 0 saturated heterocycles. The average Bonchev–Trinajstić information content (AvgIpc) is 2.50. The van der Waals surface area contributed by atoms with Crippen molar-refractivity contribution in [1.82, 2.24) is 10.3 Å². The molecule has 0 radical (unpaired) electrons. The van der Waals surface area contributed by atoms with Crippen LogP contribution in [0.15, 0.2) is 24.3 Å². The molecular formula is C18H24N2O2. The number of para-hydroxylation sites is 1. The zero-order chi connectivity index (χ0) is 16.1. The summed E-state index contributed by atoms with van der Waals surface area (Å²) in [6, 6.07) is 8.01. The first-order chi connectivity index (χ1) is 10.5. The number of aromatic nitrogens is 1. The molecule has 0 fully saturated rings. The largest absolute Gasteiger partial charge is 0.396 e. The summed E-state index contributed by atoms with van der Waals surface area (Å²) in [4.78, 5) is 16.8. The Bertz CT molecular complexity index is 667. The number of amides is 1. The zero-order valence-electron chi connectivity index (χ0n) is 13.5. The molecule has 0 bridgehead atoms. The van der Waals surface area contributed by atoms with Gasteiger partial charge >= 0.3 is 0 Å².